The van der Waals surface area contributed by atoms with E-state index in [0.29, 0.717) is 36.4 Å². The summed E-state index contributed by atoms with van der Waals surface area (Å²) in [6.45, 7) is 0. The first kappa shape index (κ1) is 19.3. The van der Waals surface area contributed by atoms with Crippen molar-refractivity contribution in [1.82, 2.24) is 0 Å². The van der Waals surface area contributed by atoms with Crippen LogP contribution in [0, 0.1) is 23.3 Å². The molecule has 0 aromatic heterocycles. The van der Waals surface area contributed by atoms with Crippen LogP contribution in [0.5, 0.6) is 0 Å². The number of halogens is 4. The summed E-state index contributed by atoms with van der Waals surface area (Å²) in [6.07, 6.45) is 0. The van der Waals surface area contributed by atoms with Crippen LogP contribution in [0.25, 0.3) is 0 Å². The van der Waals surface area contributed by atoms with E-state index in [0.717, 1.165) is 0 Å². The van der Waals surface area contributed by atoms with Crippen molar-refractivity contribution in [3.63, 3.8) is 0 Å². The summed E-state index contributed by atoms with van der Waals surface area (Å²) in [5, 5.41) is 0. The Morgan fingerprint density at radius 1 is 0.680 bits per heavy atom. The van der Waals surface area contributed by atoms with Crippen LogP contribution in [0.4, 0.5) is 17.6 Å². The van der Waals surface area contributed by atoms with Crippen molar-refractivity contribution in [3.8, 4) is 0 Å². The molecule has 12 heteroatoms. The van der Waals surface area contributed by atoms with E-state index < -0.39 is 58.7 Å². The van der Waals surface area contributed by atoms with Crippen LogP contribution in [-0.4, -0.2) is 25.9 Å². The van der Waals surface area contributed by atoms with Gasteiger partial charge < -0.3 is 0 Å². The van der Waals surface area contributed by atoms with Gasteiger partial charge in [-0.3, -0.25) is 9.11 Å². The van der Waals surface area contributed by atoms with Crippen LogP contribution in [0.2, 0.25) is 0 Å². The van der Waals surface area contributed by atoms with Crippen LogP contribution in [-0.2, 0) is 24.3 Å². The van der Waals surface area contributed by atoms with Gasteiger partial charge in [-0.15, -0.1) is 0 Å². The monoisotopic (exact) mass is 400 g/mol. The summed E-state index contributed by atoms with van der Waals surface area (Å²) in [6, 6.07) is 3.00. The highest BCUT2D eigenvalue weighted by Crippen LogP contribution is 2.44. The second kappa shape index (κ2) is 6.05. The fraction of sp³-hybridized carbons (Fsp3) is 0.0769. The number of hydrogen-bond donors (Lipinski definition) is 2. The molecule has 136 valence electrons. The first-order chi connectivity index (χ1) is 11.4. The smallest absolute Gasteiger partial charge is 0.284 e. The zero-order chi connectivity index (χ0) is 19.2. The van der Waals surface area contributed by atoms with Crippen molar-refractivity contribution in [3.05, 3.63) is 70.8 Å². The van der Waals surface area contributed by atoms with Crippen molar-refractivity contribution in [2.24, 2.45) is 0 Å². The van der Waals surface area contributed by atoms with E-state index in [1.54, 1.807) is 0 Å². The van der Waals surface area contributed by atoms with Crippen molar-refractivity contribution in [2.75, 3.05) is 0 Å². The topological polar surface area (TPSA) is 109 Å². The third-order valence-electron chi connectivity index (χ3n) is 3.34. The van der Waals surface area contributed by atoms with E-state index in [4.69, 9.17) is 0 Å². The first-order valence-electron chi connectivity index (χ1n) is 6.18. The lowest BCUT2D eigenvalue weighted by molar-refractivity contribution is 0.419. The molecule has 0 atom stereocenters. The summed E-state index contributed by atoms with van der Waals surface area (Å²) in [5.74, 6) is -7.74. The fourth-order valence-corrected chi connectivity index (χ4v) is 5.16. The second-order valence-electron chi connectivity index (χ2n) is 4.77. The Labute approximate surface area is 139 Å². The number of hydrogen-bond acceptors (Lipinski definition) is 4. The quantitative estimate of drug-likeness (QED) is 0.602. The molecule has 0 aliphatic carbocycles. The van der Waals surface area contributed by atoms with Crippen molar-refractivity contribution in [1.29, 1.82) is 0 Å². The van der Waals surface area contributed by atoms with Crippen molar-refractivity contribution in [2.45, 2.75) is 4.08 Å². The maximum Gasteiger partial charge on any atom is 0.296 e. The minimum absolute atomic E-state index is 0.379. The third kappa shape index (κ3) is 2.80. The molecule has 0 fully saturated rings. The van der Waals surface area contributed by atoms with Gasteiger partial charge in [0, 0.05) is 11.1 Å². The summed E-state index contributed by atoms with van der Waals surface area (Å²) in [4.78, 5) is 0. The normalized spacial score (nSPS) is 13.0. The molecule has 0 aliphatic heterocycles. The van der Waals surface area contributed by atoms with Gasteiger partial charge in [0.25, 0.3) is 24.3 Å². The predicted molar refractivity (Wildman–Crippen MR) is 76.6 cm³/mol. The fourth-order valence-electron chi connectivity index (χ4n) is 2.35. The molecule has 0 spiro atoms. The number of benzene rings is 2. The average molecular weight is 400 g/mol. The van der Waals surface area contributed by atoms with Gasteiger partial charge in [-0.05, 0) is 12.1 Å². The van der Waals surface area contributed by atoms with Crippen LogP contribution in [0.1, 0.15) is 11.1 Å². The molecule has 0 bridgehead atoms. The highest BCUT2D eigenvalue weighted by atomic mass is 32.3. The lowest BCUT2D eigenvalue weighted by atomic mass is 10.0. The van der Waals surface area contributed by atoms with Gasteiger partial charge in [0.05, 0.1) is 0 Å². The van der Waals surface area contributed by atoms with E-state index >= 15 is 0 Å². The minimum atomic E-state index is -6.12. The Balaban J connectivity index is 3.21. The Bertz CT molecular complexity index is 965. The maximum absolute atomic E-state index is 14.1. The van der Waals surface area contributed by atoms with Gasteiger partial charge in [-0.2, -0.15) is 16.8 Å². The summed E-state index contributed by atoms with van der Waals surface area (Å²) in [5.41, 5.74) is -3.30. The molecule has 2 N–H and O–H groups in total. The zero-order valence-electron chi connectivity index (χ0n) is 11.8. The van der Waals surface area contributed by atoms with E-state index in [1.807, 2.05) is 0 Å². The van der Waals surface area contributed by atoms with Gasteiger partial charge in [-0.1, -0.05) is 24.3 Å². The van der Waals surface area contributed by atoms with E-state index in [9.17, 15) is 43.5 Å². The molecular formula is C13H8F4O6S2. The van der Waals surface area contributed by atoms with Gasteiger partial charge in [-0.25, -0.2) is 17.6 Å². The molecule has 25 heavy (non-hydrogen) atoms. The minimum Gasteiger partial charge on any atom is -0.284 e. The Morgan fingerprint density at radius 2 is 1.00 bits per heavy atom. The second-order valence-corrected chi connectivity index (χ2v) is 8.15. The molecule has 2 rings (SSSR count). The molecule has 2 aromatic rings. The molecule has 0 heterocycles. The van der Waals surface area contributed by atoms with Gasteiger partial charge in [0.2, 0.25) is 0 Å². The van der Waals surface area contributed by atoms with E-state index in [-0.39, 0.29) is 0 Å². The lowest BCUT2D eigenvalue weighted by Gasteiger charge is -2.29. The van der Waals surface area contributed by atoms with Gasteiger partial charge >= 0.3 is 0 Å². The molecule has 2 aromatic carbocycles. The number of rotatable bonds is 4. The Hall–Kier alpha value is -2.02. The SMILES string of the molecule is O=S(=O)(O)C(c1cccc(F)c1F)(c1cccc(F)c1F)S(=O)(=O)O. The summed E-state index contributed by atoms with van der Waals surface area (Å²) >= 11 is 0. The Kier molecular flexibility index (Phi) is 4.67. The van der Waals surface area contributed by atoms with Gasteiger partial charge in [0.1, 0.15) is 0 Å². The highest BCUT2D eigenvalue weighted by molar-refractivity contribution is 8.04. The molecule has 0 aliphatic rings. The van der Waals surface area contributed by atoms with E-state index in [1.165, 1.54) is 0 Å². The van der Waals surface area contributed by atoms with Crippen LogP contribution >= 0.6 is 0 Å². The standard InChI is InChI=1S/C13H8F4O6S2/c14-9-5-1-3-7(11(9)16)13(24(18,19)20,25(21,22)23)8-4-2-6-10(15)12(8)17/h1-6H,(H,18,19,20)(H,21,22,23). The van der Waals surface area contributed by atoms with Crippen LogP contribution in [0.15, 0.2) is 36.4 Å². The average Bonchev–Trinajstić information content (AvgIpc) is 2.45. The lowest BCUT2D eigenvalue weighted by Crippen LogP contribution is -2.46. The molecule has 6 nitrogen and oxygen atoms in total. The van der Waals surface area contributed by atoms with Crippen LogP contribution < -0.4 is 0 Å². The molecular weight excluding hydrogens is 392 g/mol. The van der Waals surface area contributed by atoms with Crippen molar-refractivity contribution < 1.29 is 43.5 Å². The molecule has 0 radical (unpaired) electrons. The molecule has 0 amide bonds. The van der Waals surface area contributed by atoms with Crippen molar-refractivity contribution >= 4 is 20.2 Å². The van der Waals surface area contributed by atoms with E-state index in [2.05, 4.69) is 0 Å². The third-order valence-corrected chi connectivity index (χ3v) is 6.94. The Morgan fingerprint density at radius 3 is 1.28 bits per heavy atom. The first-order valence-corrected chi connectivity index (χ1v) is 9.06. The summed E-state index contributed by atoms with van der Waals surface area (Å²) < 4.78 is 117. The van der Waals surface area contributed by atoms with Gasteiger partial charge in [0.15, 0.2) is 23.3 Å². The predicted octanol–water partition coefficient (Wildman–Crippen LogP) is 2.22. The largest absolute Gasteiger partial charge is 0.296 e. The molecule has 0 saturated carbocycles. The maximum atomic E-state index is 14.1. The zero-order valence-corrected chi connectivity index (χ0v) is 13.5. The highest BCUT2D eigenvalue weighted by Gasteiger charge is 2.61. The van der Waals surface area contributed by atoms with Crippen LogP contribution in [0.3, 0.4) is 0 Å². The molecule has 0 saturated heterocycles. The molecule has 0 unspecified atom stereocenters. The summed E-state index contributed by atoms with van der Waals surface area (Å²) in [7, 11) is -12.2.